The second-order valence-electron chi connectivity index (χ2n) is 10.3. The van der Waals surface area contributed by atoms with Crippen LogP contribution in [-0.4, -0.2) is 38.9 Å². The summed E-state index contributed by atoms with van der Waals surface area (Å²) in [6.07, 6.45) is -0.674. The van der Waals surface area contributed by atoms with Crippen LogP contribution < -0.4 is 40.0 Å². The molecule has 1 aromatic heterocycles. The second kappa shape index (κ2) is 15.4. The molecule has 4 rings (SSSR count). The van der Waals surface area contributed by atoms with E-state index < -0.39 is 48.0 Å². The van der Waals surface area contributed by atoms with Crippen LogP contribution in [0, 0.1) is 17.5 Å². The molecule has 0 bridgehead atoms. The number of carboxylic acid groups (broad SMARTS) is 1. The summed E-state index contributed by atoms with van der Waals surface area (Å²) in [5.41, 5.74) is 2.78. The fourth-order valence-electron chi connectivity index (χ4n) is 4.90. The van der Waals surface area contributed by atoms with E-state index in [0.717, 1.165) is 0 Å². The average molecular weight is 615 g/mol. The molecule has 44 heavy (non-hydrogen) atoms. The summed E-state index contributed by atoms with van der Waals surface area (Å²) < 4.78 is 43.2. The summed E-state index contributed by atoms with van der Waals surface area (Å²) in [6, 6.07) is 15.9. The Bertz CT molecular complexity index is 1620. The number of carbonyl (C=O) groups is 2. The summed E-state index contributed by atoms with van der Waals surface area (Å²) in [5.74, 6) is -3.49. The zero-order chi connectivity index (χ0) is 31.3. The number of aliphatic carboxylic acids is 1. The van der Waals surface area contributed by atoms with E-state index in [9.17, 15) is 38.1 Å². The summed E-state index contributed by atoms with van der Waals surface area (Å²) in [6.45, 7) is 3.66. The van der Waals surface area contributed by atoms with Crippen molar-refractivity contribution < 1.29 is 67.6 Å². The Morgan fingerprint density at radius 1 is 0.841 bits per heavy atom. The first-order valence-electron chi connectivity index (χ1n) is 13.6. The Morgan fingerprint density at radius 3 is 1.80 bits per heavy atom. The van der Waals surface area contributed by atoms with Crippen molar-refractivity contribution >= 4 is 23.6 Å². The molecule has 0 aliphatic carbocycles. The topological polar surface area (TPSA) is 115 Å². The molecular weight excluding hydrogens is 584 g/mol. The molecule has 11 heteroatoms. The van der Waals surface area contributed by atoms with Gasteiger partial charge in [0.05, 0.1) is 12.2 Å². The van der Waals surface area contributed by atoms with Gasteiger partial charge in [0.25, 0.3) is 5.91 Å². The van der Waals surface area contributed by atoms with Gasteiger partial charge in [0, 0.05) is 47.4 Å². The first kappa shape index (κ1) is 34.8. The molecular formula is C33H30F3N2NaO5. The van der Waals surface area contributed by atoms with Gasteiger partial charge in [0.15, 0.2) is 0 Å². The monoisotopic (exact) mass is 614 g/mol. The van der Waals surface area contributed by atoms with Crippen LogP contribution in [0.1, 0.15) is 48.9 Å². The third kappa shape index (κ3) is 8.49. The molecule has 1 amide bonds. The molecule has 0 saturated heterocycles. The van der Waals surface area contributed by atoms with Gasteiger partial charge >= 0.3 is 29.6 Å². The van der Waals surface area contributed by atoms with Gasteiger partial charge in [-0.25, -0.2) is 13.2 Å². The minimum absolute atomic E-state index is 0. The number of hydrogen-bond acceptors (Lipinski definition) is 5. The second-order valence-corrected chi connectivity index (χ2v) is 10.3. The zero-order valence-corrected chi connectivity index (χ0v) is 26.4. The Labute approximate surface area is 275 Å². The molecule has 0 aliphatic heterocycles. The van der Waals surface area contributed by atoms with E-state index in [1.165, 1.54) is 84.9 Å². The molecule has 1 heterocycles. The van der Waals surface area contributed by atoms with Crippen LogP contribution in [0.25, 0.3) is 28.3 Å². The molecule has 0 radical (unpaired) electrons. The predicted molar refractivity (Wildman–Crippen MR) is 155 cm³/mol. The molecule has 4 aromatic rings. The molecule has 0 spiro atoms. The SMILES string of the molecule is CC(C)n1c(C=C[C@@H](O)C[C@@H](O)CC(=O)[O-])c(-c2ccc(F)cc2)c(-c2ccc(F)cc2)c1C(=O)Nc1ccc(F)cc1.[Na+]. The van der Waals surface area contributed by atoms with E-state index in [4.69, 9.17) is 0 Å². The van der Waals surface area contributed by atoms with Crippen molar-refractivity contribution in [3.8, 4) is 22.3 Å². The number of amides is 1. The van der Waals surface area contributed by atoms with E-state index in [1.807, 2.05) is 13.8 Å². The standard InChI is InChI=1S/C33H31F3N2O5.Na/c1-19(2)38-28(16-15-26(39)17-27(40)18-29(41)42)30(20-3-7-22(34)8-4-20)31(21-5-9-23(35)10-6-21)32(38)33(43)37-25-13-11-24(36)12-14-25;/h3-16,19,26-27,39-40H,17-18H2,1-2H3,(H,37,43)(H,41,42);/q;+1/p-1/t26-,27-;/m1./s1. The maximum absolute atomic E-state index is 14.0. The van der Waals surface area contributed by atoms with Crippen molar-refractivity contribution in [1.82, 2.24) is 4.57 Å². The van der Waals surface area contributed by atoms with Crippen LogP contribution in [0.15, 0.2) is 78.9 Å². The third-order valence-electron chi connectivity index (χ3n) is 6.73. The number of anilines is 1. The van der Waals surface area contributed by atoms with Gasteiger partial charge in [-0.15, -0.1) is 0 Å². The minimum atomic E-state index is -1.46. The Kier molecular flexibility index (Phi) is 12.2. The fraction of sp³-hybridized carbons (Fsp3) is 0.212. The first-order valence-corrected chi connectivity index (χ1v) is 13.6. The molecule has 3 N–H and O–H groups in total. The molecule has 0 saturated carbocycles. The minimum Gasteiger partial charge on any atom is -0.550 e. The number of rotatable bonds is 11. The molecule has 0 aliphatic rings. The number of hydrogen-bond donors (Lipinski definition) is 3. The Morgan fingerprint density at radius 2 is 1.32 bits per heavy atom. The normalized spacial score (nSPS) is 12.6. The van der Waals surface area contributed by atoms with E-state index in [0.29, 0.717) is 33.6 Å². The number of aromatic nitrogens is 1. The molecule has 224 valence electrons. The largest absolute Gasteiger partial charge is 1.00 e. The zero-order valence-electron chi connectivity index (χ0n) is 24.4. The van der Waals surface area contributed by atoms with Crippen molar-refractivity contribution in [2.45, 2.75) is 44.9 Å². The van der Waals surface area contributed by atoms with Crippen molar-refractivity contribution in [3.05, 3.63) is 108 Å². The summed E-state index contributed by atoms with van der Waals surface area (Å²) in [4.78, 5) is 24.8. The van der Waals surface area contributed by atoms with Crippen molar-refractivity contribution in [3.63, 3.8) is 0 Å². The summed E-state index contributed by atoms with van der Waals surface area (Å²) in [5, 5.41) is 34.2. The van der Waals surface area contributed by atoms with Crippen LogP contribution in [0.3, 0.4) is 0 Å². The Hall–Kier alpha value is -3.67. The van der Waals surface area contributed by atoms with Gasteiger partial charge in [-0.2, -0.15) is 0 Å². The number of benzene rings is 3. The first-order chi connectivity index (χ1) is 20.4. The number of aliphatic hydroxyl groups is 2. The van der Waals surface area contributed by atoms with Crippen LogP contribution in [0.4, 0.5) is 18.9 Å². The van der Waals surface area contributed by atoms with Crippen molar-refractivity contribution in [1.29, 1.82) is 0 Å². The molecule has 0 fully saturated rings. The predicted octanol–water partition coefficient (Wildman–Crippen LogP) is 2.34. The maximum Gasteiger partial charge on any atom is 1.00 e. The van der Waals surface area contributed by atoms with E-state index in [2.05, 4.69) is 5.32 Å². The van der Waals surface area contributed by atoms with Gasteiger partial charge in [0.2, 0.25) is 0 Å². The van der Waals surface area contributed by atoms with E-state index in [-0.39, 0.29) is 47.7 Å². The van der Waals surface area contributed by atoms with Gasteiger partial charge in [-0.05, 0) is 79.6 Å². The summed E-state index contributed by atoms with van der Waals surface area (Å²) >= 11 is 0. The maximum atomic E-state index is 14.0. The van der Waals surface area contributed by atoms with Crippen LogP contribution in [-0.2, 0) is 4.79 Å². The third-order valence-corrected chi connectivity index (χ3v) is 6.73. The van der Waals surface area contributed by atoms with Crippen LogP contribution in [0.2, 0.25) is 0 Å². The molecule has 2 atom stereocenters. The van der Waals surface area contributed by atoms with Crippen molar-refractivity contribution in [2.75, 3.05) is 5.32 Å². The number of halogens is 3. The van der Waals surface area contributed by atoms with E-state index in [1.54, 1.807) is 4.57 Å². The summed E-state index contributed by atoms with van der Waals surface area (Å²) in [7, 11) is 0. The smallest absolute Gasteiger partial charge is 0.550 e. The van der Waals surface area contributed by atoms with Gasteiger partial charge in [0.1, 0.15) is 23.1 Å². The van der Waals surface area contributed by atoms with Crippen molar-refractivity contribution in [2.24, 2.45) is 0 Å². The Balaban J connectivity index is 0.00000529. The average Bonchev–Trinajstić information content (AvgIpc) is 3.29. The van der Waals surface area contributed by atoms with Gasteiger partial charge in [-0.1, -0.05) is 30.3 Å². The van der Waals surface area contributed by atoms with Gasteiger partial charge in [-0.3, -0.25) is 4.79 Å². The number of nitrogens with zero attached hydrogens (tertiary/aromatic N) is 1. The molecule has 3 aromatic carbocycles. The number of aliphatic hydroxyl groups excluding tert-OH is 2. The van der Waals surface area contributed by atoms with Crippen LogP contribution >= 0.6 is 0 Å². The molecule has 0 unspecified atom stereocenters. The molecule has 7 nitrogen and oxygen atoms in total. The quantitative estimate of drug-likeness (QED) is 0.225. The number of carboxylic acids is 1. The fourth-order valence-corrected chi connectivity index (χ4v) is 4.90. The van der Waals surface area contributed by atoms with Crippen LogP contribution in [0.5, 0.6) is 0 Å². The number of carbonyl (C=O) groups excluding carboxylic acids is 2. The number of nitrogens with one attached hydrogen (secondary N) is 1. The van der Waals surface area contributed by atoms with E-state index >= 15 is 0 Å². The van der Waals surface area contributed by atoms with Gasteiger partial charge < -0.3 is 30.0 Å².